The van der Waals surface area contributed by atoms with Crippen molar-refractivity contribution < 1.29 is 9.90 Å². The van der Waals surface area contributed by atoms with Crippen molar-refractivity contribution in [3.05, 3.63) is 34.4 Å². The number of rotatable bonds is 3. The first-order chi connectivity index (χ1) is 7.13. The van der Waals surface area contributed by atoms with Crippen molar-refractivity contribution in [1.29, 1.82) is 5.26 Å². The number of carboxylic acid groups (broad SMARTS) is 1. The zero-order valence-corrected chi connectivity index (χ0v) is 9.01. The van der Waals surface area contributed by atoms with Gasteiger partial charge in [0.05, 0.1) is 17.2 Å². The quantitative estimate of drug-likeness (QED) is 0.801. The van der Waals surface area contributed by atoms with Gasteiger partial charge in [-0.15, -0.1) is 11.6 Å². The monoisotopic (exact) mass is 223 g/mol. The topological polar surface area (TPSA) is 61.1 Å². The maximum Gasteiger partial charge on any atom is 0.335 e. The first-order valence-electron chi connectivity index (χ1n) is 4.49. The van der Waals surface area contributed by atoms with Crippen LogP contribution in [0.4, 0.5) is 0 Å². The highest BCUT2D eigenvalue weighted by Gasteiger charge is 2.12. The van der Waals surface area contributed by atoms with Crippen LogP contribution in [0, 0.1) is 11.3 Å². The van der Waals surface area contributed by atoms with Gasteiger partial charge in [0.2, 0.25) is 0 Å². The van der Waals surface area contributed by atoms with Crippen molar-refractivity contribution in [1.82, 2.24) is 0 Å². The van der Waals surface area contributed by atoms with Crippen molar-refractivity contribution in [2.24, 2.45) is 0 Å². The Morgan fingerprint density at radius 2 is 2.13 bits per heavy atom. The third-order valence-electron chi connectivity index (χ3n) is 2.19. The van der Waals surface area contributed by atoms with Crippen LogP contribution in [0.25, 0.3) is 0 Å². The number of nitrogens with zero attached hydrogens (tertiary/aromatic N) is 1. The molecule has 0 radical (unpaired) electrons. The number of hydrogen-bond donors (Lipinski definition) is 1. The van der Waals surface area contributed by atoms with E-state index in [9.17, 15) is 4.79 Å². The van der Waals surface area contributed by atoms with Crippen LogP contribution in [-0.2, 0) is 12.3 Å². The molecule has 0 aromatic heterocycles. The standard InChI is InChI=1S/C11H10ClNO2/c1-2-7-3-8(11(14)15)4-9(5-12)10(7)6-13/h3-4H,2,5H2,1H3,(H,14,15). The van der Waals surface area contributed by atoms with Crippen LogP contribution in [0.3, 0.4) is 0 Å². The first-order valence-corrected chi connectivity index (χ1v) is 5.02. The molecule has 1 N–H and O–H groups in total. The number of aryl methyl sites for hydroxylation is 1. The number of carboxylic acids is 1. The van der Waals surface area contributed by atoms with E-state index in [0.717, 1.165) is 5.56 Å². The lowest BCUT2D eigenvalue weighted by atomic mass is 9.97. The minimum Gasteiger partial charge on any atom is -0.478 e. The Morgan fingerprint density at radius 3 is 2.53 bits per heavy atom. The molecule has 3 nitrogen and oxygen atoms in total. The Balaban J connectivity index is 3.44. The molecule has 0 spiro atoms. The molecule has 0 aliphatic heterocycles. The summed E-state index contributed by atoms with van der Waals surface area (Å²) in [7, 11) is 0. The number of alkyl halides is 1. The van der Waals surface area contributed by atoms with Crippen LogP contribution in [-0.4, -0.2) is 11.1 Å². The van der Waals surface area contributed by atoms with Crippen LogP contribution in [0.5, 0.6) is 0 Å². The zero-order valence-electron chi connectivity index (χ0n) is 8.25. The van der Waals surface area contributed by atoms with Gasteiger partial charge in [-0.2, -0.15) is 5.26 Å². The third kappa shape index (κ3) is 2.28. The van der Waals surface area contributed by atoms with E-state index in [-0.39, 0.29) is 11.4 Å². The molecule has 0 aliphatic carbocycles. The number of nitriles is 1. The van der Waals surface area contributed by atoms with Crippen molar-refractivity contribution in [2.75, 3.05) is 0 Å². The second kappa shape index (κ2) is 4.81. The second-order valence-electron chi connectivity index (χ2n) is 3.07. The van der Waals surface area contributed by atoms with Crippen molar-refractivity contribution >= 4 is 17.6 Å². The van der Waals surface area contributed by atoms with Crippen LogP contribution in [0.2, 0.25) is 0 Å². The molecule has 15 heavy (non-hydrogen) atoms. The molecule has 1 rings (SSSR count). The summed E-state index contributed by atoms with van der Waals surface area (Å²) in [5.74, 6) is -0.850. The molecule has 1 aromatic carbocycles. The van der Waals surface area contributed by atoms with Crippen LogP contribution >= 0.6 is 11.6 Å². The molecule has 4 heteroatoms. The third-order valence-corrected chi connectivity index (χ3v) is 2.47. The van der Waals surface area contributed by atoms with Gasteiger partial charge in [0.1, 0.15) is 0 Å². The highest BCUT2D eigenvalue weighted by molar-refractivity contribution is 6.17. The minimum atomic E-state index is -0.999. The van der Waals surface area contributed by atoms with E-state index in [2.05, 4.69) is 6.07 Å². The summed E-state index contributed by atoms with van der Waals surface area (Å²) < 4.78 is 0. The maximum atomic E-state index is 10.8. The first kappa shape index (κ1) is 11.5. The number of aromatic carboxylic acids is 1. The highest BCUT2D eigenvalue weighted by atomic mass is 35.5. The maximum absolute atomic E-state index is 10.8. The lowest BCUT2D eigenvalue weighted by Crippen LogP contribution is -2.02. The van der Waals surface area contributed by atoms with Crippen molar-refractivity contribution in [3.63, 3.8) is 0 Å². The summed E-state index contributed by atoms with van der Waals surface area (Å²) in [6.07, 6.45) is 0.619. The SMILES string of the molecule is CCc1cc(C(=O)O)cc(CCl)c1C#N. The van der Waals surface area contributed by atoms with Gasteiger partial charge in [-0.3, -0.25) is 0 Å². The smallest absolute Gasteiger partial charge is 0.335 e. The van der Waals surface area contributed by atoms with Crippen molar-refractivity contribution in [3.8, 4) is 6.07 Å². The van der Waals surface area contributed by atoms with E-state index in [1.54, 1.807) is 0 Å². The summed E-state index contributed by atoms with van der Waals surface area (Å²) in [5.41, 5.74) is 1.99. The number of benzene rings is 1. The Bertz CT molecular complexity index is 410. The highest BCUT2D eigenvalue weighted by Crippen LogP contribution is 2.19. The number of halogens is 1. The van der Waals surface area contributed by atoms with Gasteiger partial charge in [-0.25, -0.2) is 4.79 Å². The van der Waals surface area contributed by atoms with Gasteiger partial charge in [-0.05, 0) is 29.7 Å². The Hall–Kier alpha value is -1.53. The van der Waals surface area contributed by atoms with Crippen LogP contribution < -0.4 is 0 Å². The Labute approximate surface area is 92.9 Å². The van der Waals surface area contributed by atoms with Gasteiger partial charge in [0, 0.05) is 5.88 Å². The van der Waals surface area contributed by atoms with E-state index >= 15 is 0 Å². The molecule has 0 heterocycles. The summed E-state index contributed by atoms with van der Waals surface area (Å²) >= 11 is 5.67. The van der Waals surface area contributed by atoms with Gasteiger partial charge in [0.25, 0.3) is 0 Å². The molecular weight excluding hydrogens is 214 g/mol. The molecule has 0 aliphatic rings. The summed E-state index contributed by atoms with van der Waals surface area (Å²) in [6, 6.07) is 5.03. The summed E-state index contributed by atoms with van der Waals surface area (Å²) in [4.78, 5) is 10.8. The molecule has 78 valence electrons. The normalized spacial score (nSPS) is 9.67. The molecule has 0 atom stereocenters. The molecule has 0 fully saturated rings. The van der Waals surface area contributed by atoms with Gasteiger partial charge >= 0.3 is 5.97 Å². The molecule has 0 amide bonds. The largest absolute Gasteiger partial charge is 0.478 e. The van der Waals surface area contributed by atoms with Crippen LogP contribution in [0.15, 0.2) is 12.1 Å². The predicted molar refractivity (Wildman–Crippen MR) is 57.1 cm³/mol. The van der Waals surface area contributed by atoms with Crippen molar-refractivity contribution in [2.45, 2.75) is 19.2 Å². The second-order valence-corrected chi connectivity index (χ2v) is 3.34. The molecule has 0 saturated carbocycles. The fourth-order valence-electron chi connectivity index (χ4n) is 1.42. The predicted octanol–water partition coefficient (Wildman–Crippen LogP) is 2.56. The minimum absolute atomic E-state index is 0.150. The molecule has 0 bridgehead atoms. The lowest BCUT2D eigenvalue weighted by molar-refractivity contribution is 0.0696. The average molecular weight is 224 g/mol. The summed E-state index contributed by atoms with van der Waals surface area (Å²) in [5, 5.41) is 17.8. The zero-order chi connectivity index (χ0) is 11.4. The van der Waals surface area contributed by atoms with Gasteiger partial charge < -0.3 is 5.11 Å². The summed E-state index contributed by atoms with van der Waals surface area (Å²) in [6.45, 7) is 1.87. The Kier molecular flexibility index (Phi) is 3.70. The average Bonchev–Trinajstić information content (AvgIpc) is 2.26. The number of hydrogen-bond acceptors (Lipinski definition) is 2. The molecule has 0 unspecified atom stereocenters. The van der Waals surface area contributed by atoms with Crippen LogP contribution in [0.1, 0.15) is 34.0 Å². The molecular formula is C11H10ClNO2. The number of carbonyl (C=O) groups is 1. The van der Waals surface area contributed by atoms with E-state index < -0.39 is 5.97 Å². The molecule has 0 saturated heterocycles. The van der Waals surface area contributed by atoms with E-state index in [4.69, 9.17) is 22.0 Å². The van der Waals surface area contributed by atoms with E-state index in [0.29, 0.717) is 17.5 Å². The fraction of sp³-hybridized carbons (Fsp3) is 0.273. The van der Waals surface area contributed by atoms with E-state index in [1.807, 2.05) is 6.92 Å². The van der Waals surface area contributed by atoms with E-state index in [1.165, 1.54) is 12.1 Å². The lowest BCUT2D eigenvalue weighted by Gasteiger charge is -2.07. The fourth-order valence-corrected chi connectivity index (χ4v) is 1.63. The van der Waals surface area contributed by atoms with Gasteiger partial charge in [-0.1, -0.05) is 6.92 Å². The van der Waals surface area contributed by atoms with Gasteiger partial charge in [0.15, 0.2) is 0 Å². The molecule has 1 aromatic rings. The Morgan fingerprint density at radius 1 is 1.53 bits per heavy atom.